The van der Waals surface area contributed by atoms with E-state index < -0.39 is 0 Å². The zero-order valence-electron chi connectivity index (χ0n) is 82.0. The zero-order valence-corrected chi connectivity index (χ0v) is 82.0. The largest absolute Gasteiger partial charge is 0.0654 e. The molecule has 132 heavy (non-hydrogen) atoms. The Labute approximate surface area is 798 Å². The molecule has 0 aromatic heterocycles. The Kier molecular flexibility index (Phi) is 36.0. The highest BCUT2D eigenvalue weighted by Gasteiger charge is 2.24. The number of hydrogen-bond donors (Lipinski definition) is 0. The lowest BCUT2D eigenvalue weighted by atomic mass is 9.83. The van der Waals surface area contributed by atoms with Crippen molar-refractivity contribution < 1.29 is 0 Å². The minimum atomic E-state index is 1.10. The van der Waals surface area contributed by atoms with Gasteiger partial charge in [0, 0.05) is 0 Å². The highest BCUT2D eigenvalue weighted by atomic mass is 14.3. The molecule has 0 saturated carbocycles. The number of hydrogen-bond acceptors (Lipinski definition) is 0. The Morgan fingerprint density at radius 2 is 0.205 bits per heavy atom. The van der Waals surface area contributed by atoms with E-state index in [4.69, 9.17) is 0 Å². The highest BCUT2D eigenvalue weighted by Crippen LogP contribution is 2.48. The first kappa shape index (κ1) is 95.7. The van der Waals surface area contributed by atoms with Crippen LogP contribution >= 0.6 is 0 Å². The third kappa shape index (κ3) is 25.9. The van der Waals surface area contributed by atoms with E-state index in [-0.39, 0.29) is 0 Å². The van der Waals surface area contributed by atoms with Crippen molar-refractivity contribution in [2.75, 3.05) is 0 Å². The Morgan fingerprint density at radius 1 is 0.0985 bits per heavy atom. The normalized spacial score (nSPS) is 11.6. The molecular formula is C132H152. The predicted molar refractivity (Wildman–Crippen MR) is 579 cm³/mol. The fraction of sp³-hybridized carbons (Fsp3) is 0.364. The van der Waals surface area contributed by atoms with Crippen molar-refractivity contribution in [1.29, 1.82) is 0 Å². The lowest BCUT2D eigenvalue weighted by Crippen LogP contribution is -1.98. The van der Waals surface area contributed by atoms with E-state index in [1.807, 2.05) is 0 Å². The Morgan fingerprint density at radius 3 is 0.318 bits per heavy atom. The molecule has 0 aliphatic heterocycles. The molecule has 0 saturated heterocycles. The van der Waals surface area contributed by atoms with E-state index in [0.29, 0.717) is 0 Å². The van der Waals surface area contributed by atoms with Crippen molar-refractivity contribution in [3.63, 3.8) is 0 Å². The van der Waals surface area contributed by atoms with Crippen LogP contribution in [0.1, 0.15) is 305 Å². The lowest BCUT2D eigenvalue weighted by molar-refractivity contribution is 0.661. The second kappa shape index (κ2) is 49.7. The maximum absolute atomic E-state index is 2.62. The van der Waals surface area contributed by atoms with E-state index in [9.17, 15) is 0 Å². The van der Waals surface area contributed by atoms with Gasteiger partial charge in [-0.05, 0) is 327 Å². The molecule has 680 valence electrons. The Balaban J connectivity index is 0.878. The molecule has 0 unspecified atom stereocenters. The topological polar surface area (TPSA) is 0 Å². The van der Waals surface area contributed by atoms with E-state index in [1.54, 1.807) is 0 Å². The van der Waals surface area contributed by atoms with Gasteiger partial charge in [0.1, 0.15) is 0 Å². The van der Waals surface area contributed by atoms with Crippen LogP contribution in [-0.4, -0.2) is 0 Å². The van der Waals surface area contributed by atoms with Crippen molar-refractivity contribution in [3.05, 3.63) is 336 Å². The van der Waals surface area contributed by atoms with Crippen LogP contribution in [0.3, 0.4) is 0 Å². The van der Waals surface area contributed by atoms with Crippen molar-refractivity contribution in [3.8, 4) is 156 Å². The third-order valence-corrected chi connectivity index (χ3v) is 28.6. The monoisotopic (exact) mass is 1740 g/mol. The summed E-state index contributed by atoms with van der Waals surface area (Å²) in [7, 11) is 0. The van der Waals surface area contributed by atoms with E-state index >= 15 is 0 Å². The van der Waals surface area contributed by atoms with Gasteiger partial charge in [-0.1, -0.05) is 476 Å². The number of aryl methyl sites for hydroxylation is 8. The molecule has 0 atom stereocenters. The average molecular weight is 1740 g/mol. The smallest absolute Gasteiger partial charge is 0.00986 e. The molecule has 42 rings (SSSR count). The number of benzene rings is 14. The van der Waals surface area contributed by atoms with Gasteiger partial charge in [0.2, 0.25) is 0 Å². The van der Waals surface area contributed by atoms with Gasteiger partial charge in [0.25, 0.3) is 0 Å². The van der Waals surface area contributed by atoms with Crippen LogP contribution < -0.4 is 0 Å². The summed E-state index contributed by atoms with van der Waals surface area (Å²) in [5.41, 5.74) is 47.1. The van der Waals surface area contributed by atoms with Crippen LogP contribution in [0.25, 0.3) is 156 Å². The third-order valence-electron chi connectivity index (χ3n) is 28.6. The van der Waals surface area contributed by atoms with Crippen LogP contribution in [0.2, 0.25) is 0 Å². The average Bonchev–Trinajstić information content (AvgIpc) is 0.758. The molecule has 0 nitrogen and oxygen atoms in total. The summed E-state index contributed by atoms with van der Waals surface area (Å²) in [6.45, 7) is 18.7. The molecule has 0 heterocycles. The van der Waals surface area contributed by atoms with Crippen molar-refractivity contribution >= 4 is 0 Å². The predicted octanol–water partition coefficient (Wildman–Crippen LogP) is 40.3. The summed E-state index contributed by atoms with van der Waals surface area (Å²) in [6, 6.07) is 117. The molecule has 28 aliphatic rings. The standard InChI is InChI=1S/C132H152/c1-9-17-25-33-41-97-81-98(42-34-26-18-10-2)86-121(85-97)129-93-126-118-75-67-114(68-76-118)110-59-51-106(52-60-110)108-55-63-112(64-56-108)116-71-79-120(80-72-116)128-96-131(123-89-101(45-37-29-21-13-5)83-102(90-123)46-38-30-22-14-6)127(95-132(128)124-91-103(47-39-31-23-15-7)84-104(92-124)48-40-32-24-16-8)119-77-69-115(70-78-119)111-61-53-107(54-62-111)105-49-57-109(58-50-105)113-65-73-117(74-66-113)125(129)94-130(126)122-87-99(43-35-27-19-11-3)82-100(88-122)44-36-28-20-12-4/h49-96H,9-48H2,1-8H3. The summed E-state index contributed by atoms with van der Waals surface area (Å²) < 4.78 is 0. The van der Waals surface area contributed by atoms with Crippen molar-refractivity contribution in [2.45, 2.75) is 312 Å². The molecule has 0 amide bonds. The zero-order chi connectivity index (χ0) is 91.0. The van der Waals surface area contributed by atoms with Crippen LogP contribution in [0, 0.1) is 0 Å². The number of unbranched alkanes of at least 4 members (excludes halogenated alkanes) is 24. The first-order valence-corrected chi connectivity index (χ1v) is 52.8. The molecule has 20 bridgehead atoms. The van der Waals surface area contributed by atoms with E-state index in [1.165, 1.54) is 406 Å². The summed E-state index contributed by atoms with van der Waals surface area (Å²) in [5, 5.41) is 0. The maximum atomic E-state index is 2.62. The molecule has 0 spiro atoms. The SMILES string of the molecule is CCCCCCc1cc(CCCCCC)cc(-c2cc3c(-c4cc(CCCCCC)cc(CCCCCC)c4)cc2-c2ccc(cc2)-c2ccc(cc2)-c2ccc(cc2)-c2ccc(cc2)-c2cc(-c4cc(CCCCCC)cc(CCCCCC)c4)c(cc2-c2cc(CCCCCC)cc(CCCCCC)c2)-c2ccc(cc2)-c2ccc(cc2)-c2ccc(cc2)-c2ccc-3cc2)c1. The molecule has 28 aliphatic carbocycles. The fourth-order valence-electron chi connectivity index (χ4n) is 20.8. The molecule has 14 aromatic rings. The summed E-state index contributed by atoms with van der Waals surface area (Å²) >= 11 is 0. The quantitative estimate of drug-likeness (QED) is 0.0334. The summed E-state index contributed by atoms with van der Waals surface area (Å²) in [4.78, 5) is 0. The molecule has 0 fully saturated rings. The maximum Gasteiger partial charge on any atom is -0.00986 e. The van der Waals surface area contributed by atoms with Crippen LogP contribution in [0.5, 0.6) is 0 Å². The van der Waals surface area contributed by atoms with Gasteiger partial charge in [-0.3, -0.25) is 0 Å². The fourth-order valence-corrected chi connectivity index (χ4v) is 20.8. The van der Waals surface area contributed by atoms with Gasteiger partial charge in [-0.2, -0.15) is 0 Å². The van der Waals surface area contributed by atoms with Gasteiger partial charge < -0.3 is 0 Å². The second-order valence-corrected chi connectivity index (χ2v) is 39.1. The van der Waals surface area contributed by atoms with E-state index in [0.717, 1.165) is 51.4 Å². The van der Waals surface area contributed by atoms with Crippen LogP contribution in [0.4, 0.5) is 0 Å². The summed E-state index contributed by atoms with van der Waals surface area (Å²) in [5.74, 6) is 0. The van der Waals surface area contributed by atoms with Crippen molar-refractivity contribution in [1.82, 2.24) is 0 Å². The molecular weight excluding hydrogens is 1590 g/mol. The Hall–Kier alpha value is -10.9. The first-order chi connectivity index (χ1) is 65.1. The van der Waals surface area contributed by atoms with Crippen molar-refractivity contribution in [2.24, 2.45) is 0 Å². The highest BCUT2D eigenvalue weighted by molar-refractivity contribution is 5.98. The van der Waals surface area contributed by atoms with Gasteiger partial charge >= 0.3 is 0 Å². The lowest BCUT2D eigenvalue weighted by Gasteiger charge is -2.21. The van der Waals surface area contributed by atoms with Gasteiger partial charge in [0.05, 0.1) is 0 Å². The van der Waals surface area contributed by atoms with Gasteiger partial charge in [-0.15, -0.1) is 0 Å². The van der Waals surface area contributed by atoms with E-state index in [2.05, 4.69) is 347 Å². The molecule has 0 radical (unpaired) electrons. The van der Waals surface area contributed by atoms with Gasteiger partial charge in [0.15, 0.2) is 0 Å². The van der Waals surface area contributed by atoms with Crippen LogP contribution in [0.15, 0.2) is 291 Å². The van der Waals surface area contributed by atoms with Gasteiger partial charge in [-0.25, -0.2) is 0 Å². The molecule has 14 aromatic carbocycles. The summed E-state index contributed by atoms with van der Waals surface area (Å²) in [6.07, 6.45) is 48.8. The van der Waals surface area contributed by atoms with Crippen LogP contribution in [-0.2, 0) is 51.4 Å². The molecule has 0 N–H and O–H groups in total. The minimum absolute atomic E-state index is 1.10. The first-order valence-electron chi connectivity index (χ1n) is 52.8. The Bertz CT molecular complexity index is 5050. The molecule has 0 heteroatoms. The second-order valence-electron chi connectivity index (χ2n) is 39.1. The number of rotatable bonds is 44. The minimum Gasteiger partial charge on any atom is -0.0654 e.